The van der Waals surface area contributed by atoms with Crippen molar-refractivity contribution >= 4 is 31.5 Å². The quantitative estimate of drug-likeness (QED) is 0.142. The minimum absolute atomic E-state index is 0.525. The molecule has 2 aliphatic carbocycles. The van der Waals surface area contributed by atoms with Crippen molar-refractivity contribution in [1.29, 1.82) is 0 Å². The Morgan fingerprint density at radius 3 is 1.18 bits per heavy atom. The Labute approximate surface area is 621 Å². The zero-order valence-electron chi connectivity index (χ0n) is 57.5. The summed E-state index contributed by atoms with van der Waals surface area (Å²) in [6, 6.07) is 126. The van der Waals surface area contributed by atoms with Gasteiger partial charge in [0.2, 0.25) is 0 Å². The van der Waals surface area contributed by atoms with Crippen molar-refractivity contribution in [2.45, 2.75) is 10.8 Å². The first-order valence-corrected chi connectivity index (χ1v) is 37.0. The molecule has 0 radical (unpaired) electrons. The number of thiophene rings is 1. The van der Waals surface area contributed by atoms with Gasteiger partial charge in [0.15, 0.2) is 11.6 Å². The van der Waals surface area contributed by atoms with Gasteiger partial charge in [-0.25, -0.2) is 19.9 Å². The second kappa shape index (κ2) is 23.9. The molecule has 0 amide bonds. The molecule has 0 saturated heterocycles. The Hall–Kier alpha value is -13.8. The number of ether oxygens (including phenoxy) is 2. The van der Waals surface area contributed by atoms with Crippen molar-refractivity contribution in [3.8, 4) is 147 Å². The molecule has 0 bridgehead atoms. The molecule has 7 nitrogen and oxygen atoms in total. The van der Waals surface area contributed by atoms with Gasteiger partial charge >= 0.3 is 0 Å². The number of fused-ring (bicyclic) bond motifs is 21. The normalized spacial score (nSPS) is 13.3. The lowest BCUT2D eigenvalue weighted by atomic mass is 9.65. The van der Waals surface area contributed by atoms with Gasteiger partial charge in [-0.2, -0.15) is 0 Å². The van der Waals surface area contributed by atoms with Crippen molar-refractivity contribution in [2.75, 3.05) is 0 Å². The predicted molar refractivity (Wildman–Crippen MR) is 432 cm³/mol. The molecule has 2 aliphatic heterocycles. The van der Waals surface area contributed by atoms with Crippen LogP contribution in [0.4, 0.5) is 0 Å². The average molecular weight is 1380 g/mol. The lowest BCUT2D eigenvalue weighted by molar-refractivity contribution is 0.436. The van der Waals surface area contributed by atoms with E-state index in [0.717, 1.165) is 135 Å². The molecule has 14 aromatic carbocycles. The largest absolute Gasteiger partial charge is 0.457 e. The fourth-order valence-electron chi connectivity index (χ4n) is 17.5. The number of hydrogen-bond acceptors (Lipinski definition) is 8. The van der Waals surface area contributed by atoms with E-state index in [1.54, 1.807) is 6.20 Å². The van der Waals surface area contributed by atoms with E-state index in [-0.39, 0.29) is 0 Å². The highest BCUT2D eigenvalue weighted by atomic mass is 32.1. The lowest BCUT2D eigenvalue weighted by Gasteiger charge is -2.40. The average Bonchev–Trinajstić information content (AvgIpc) is 1.56. The Balaban J connectivity index is 0.612. The molecule has 107 heavy (non-hydrogen) atoms. The first kappa shape index (κ1) is 60.8. The topological polar surface area (TPSA) is 82.9 Å². The molecular weight excluding hydrogens is 1320 g/mol. The van der Waals surface area contributed by atoms with E-state index in [9.17, 15) is 0 Å². The minimum atomic E-state index is -0.688. The van der Waals surface area contributed by atoms with Crippen molar-refractivity contribution in [3.05, 3.63) is 403 Å². The zero-order valence-corrected chi connectivity index (χ0v) is 58.3. The third-order valence-electron chi connectivity index (χ3n) is 22.4. The van der Waals surface area contributed by atoms with Crippen LogP contribution >= 0.6 is 11.3 Å². The van der Waals surface area contributed by atoms with Crippen LogP contribution in [0.15, 0.2) is 358 Å². The number of nitrogens with zero attached hydrogens (tertiary/aromatic N) is 5. The van der Waals surface area contributed by atoms with Crippen LogP contribution < -0.4 is 9.47 Å². The fraction of sp³-hybridized carbons (Fsp3) is 0.0202. The molecule has 8 heteroatoms. The molecule has 4 aliphatic rings. The monoisotopic (exact) mass is 1380 g/mol. The SMILES string of the molecule is c1ccc(-c2nc(-c3ccc(-c4ccc5c(c4)Oc4ccc(-c6ccc(-c7nc(-c8ccc(-c9ccc%10c(c9)Oc9ccccc9C%109c%10ccccc%10-c%10ccccc%109)cc8)cc(-c8ccc9c(c8)sc8ccccc89)n7)cc6)cc4C54c5ccccc5-c5ccccc54)cc3)cc(-c3ccccn3)n2)cc1. The molecule has 0 unspecified atom stereocenters. The van der Waals surface area contributed by atoms with Crippen LogP contribution in [0.1, 0.15) is 44.5 Å². The van der Waals surface area contributed by atoms with Gasteiger partial charge < -0.3 is 9.47 Å². The first-order chi connectivity index (χ1) is 53.0. The van der Waals surface area contributed by atoms with Gasteiger partial charge in [0.25, 0.3) is 0 Å². The Kier molecular flexibility index (Phi) is 13.6. The smallest absolute Gasteiger partial charge is 0.160 e. The molecule has 4 aromatic heterocycles. The van der Waals surface area contributed by atoms with Gasteiger partial charge in [-0.15, -0.1) is 11.3 Å². The maximum absolute atomic E-state index is 7.21. The molecule has 0 saturated carbocycles. The maximum Gasteiger partial charge on any atom is 0.160 e. The molecule has 6 heterocycles. The molecule has 18 aromatic rings. The Morgan fingerprint density at radius 1 is 0.215 bits per heavy atom. The molecule has 498 valence electrons. The number of pyridine rings is 1. The summed E-state index contributed by atoms with van der Waals surface area (Å²) in [7, 11) is 0. The van der Waals surface area contributed by atoms with Gasteiger partial charge in [-0.3, -0.25) is 4.98 Å². The summed E-state index contributed by atoms with van der Waals surface area (Å²) in [6.45, 7) is 0. The highest BCUT2D eigenvalue weighted by Crippen LogP contribution is 2.65. The van der Waals surface area contributed by atoms with Gasteiger partial charge in [-0.05, 0) is 145 Å². The Morgan fingerprint density at radius 2 is 0.607 bits per heavy atom. The molecule has 2 spiro atoms. The van der Waals surface area contributed by atoms with E-state index in [0.29, 0.717) is 11.6 Å². The van der Waals surface area contributed by atoms with Crippen LogP contribution in [0, 0.1) is 0 Å². The Bertz CT molecular complexity index is 6540. The van der Waals surface area contributed by atoms with E-state index in [1.807, 2.05) is 65.9 Å². The second-order valence-electron chi connectivity index (χ2n) is 28.1. The van der Waals surface area contributed by atoms with Crippen LogP contribution in [0.25, 0.3) is 144 Å². The number of rotatable bonds is 9. The highest BCUT2D eigenvalue weighted by molar-refractivity contribution is 7.25. The third-order valence-corrected chi connectivity index (χ3v) is 23.5. The summed E-state index contributed by atoms with van der Waals surface area (Å²) in [5.41, 5.74) is 28.5. The summed E-state index contributed by atoms with van der Waals surface area (Å²) < 4.78 is 16.6. The van der Waals surface area contributed by atoms with E-state index in [1.165, 1.54) is 64.7 Å². The summed E-state index contributed by atoms with van der Waals surface area (Å²) in [4.78, 5) is 25.6. The fourth-order valence-corrected chi connectivity index (χ4v) is 18.6. The predicted octanol–water partition coefficient (Wildman–Crippen LogP) is 25.0. The van der Waals surface area contributed by atoms with Crippen LogP contribution in [0.2, 0.25) is 0 Å². The number of hydrogen-bond donors (Lipinski definition) is 0. The van der Waals surface area contributed by atoms with Gasteiger partial charge in [0, 0.05) is 76.4 Å². The second-order valence-corrected chi connectivity index (χ2v) is 29.1. The van der Waals surface area contributed by atoms with Gasteiger partial charge in [0.05, 0.1) is 39.3 Å². The van der Waals surface area contributed by atoms with Gasteiger partial charge in [-0.1, -0.05) is 285 Å². The maximum atomic E-state index is 7.21. The molecule has 22 rings (SSSR count). The number of aromatic nitrogens is 5. The zero-order chi connectivity index (χ0) is 70.3. The van der Waals surface area contributed by atoms with Crippen LogP contribution in [0.3, 0.4) is 0 Å². The minimum Gasteiger partial charge on any atom is -0.457 e. The summed E-state index contributed by atoms with van der Waals surface area (Å²) in [5, 5.41) is 2.51. The van der Waals surface area contributed by atoms with Crippen LogP contribution in [-0.2, 0) is 10.8 Å². The van der Waals surface area contributed by atoms with Crippen molar-refractivity contribution < 1.29 is 9.47 Å². The molecular formula is C99H59N5O2S. The van der Waals surface area contributed by atoms with Crippen LogP contribution in [0.5, 0.6) is 23.0 Å². The summed E-state index contributed by atoms with van der Waals surface area (Å²) >= 11 is 1.81. The summed E-state index contributed by atoms with van der Waals surface area (Å²) in [6.07, 6.45) is 1.80. The molecule has 0 atom stereocenters. The van der Waals surface area contributed by atoms with E-state index in [4.69, 9.17) is 29.4 Å². The molecule has 0 N–H and O–H groups in total. The first-order valence-electron chi connectivity index (χ1n) is 36.2. The lowest BCUT2D eigenvalue weighted by Crippen LogP contribution is -2.32. The number of para-hydroxylation sites is 1. The van der Waals surface area contributed by atoms with E-state index < -0.39 is 10.8 Å². The van der Waals surface area contributed by atoms with Crippen molar-refractivity contribution in [3.63, 3.8) is 0 Å². The summed E-state index contributed by atoms with van der Waals surface area (Å²) in [5.74, 6) is 4.65. The van der Waals surface area contributed by atoms with E-state index in [2.05, 4.69) is 302 Å². The van der Waals surface area contributed by atoms with Crippen molar-refractivity contribution in [1.82, 2.24) is 24.9 Å². The van der Waals surface area contributed by atoms with Crippen molar-refractivity contribution in [2.24, 2.45) is 0 Å². The standard InChI is InChI=1S/C99H59N5O2S/c1-2-18-65(19-3-1)96-102-87(59-89(104-96)85-30-16-17-53-100-85)64-41-35-62(36-42-64)69-47-51-83-93(56-69)106-91-52-48-67(54-84(91)99(83)79-27-11-6-22-73(79)74-23-7-12-28-80(74)99)60-37-43-66(44-38-60)97-101-86(58-88(103-97)70-45-49-76-75-24-8-15-32-94(75)107-95(76)57-70)63-39-33-61(34-40-63)68-46-50-82-92(55-68)105-90-31-14-13-29-81(90)98(82)77-25-9-4-20-71(77)72-21-5-10-26-78(72)98/h1-59H. The highest BCUT2D eigenvalue weighted by Gasteiger charge is 2.53. The molecule has 0 fully saturated rings. The van der Waals surface area contributed by atoms with Gasteiger partial charge in [0.1, 0.15) is 23.0 Å². The van der Waals surface area contributed by atoms with E-state index >= 15 is 0 Å². The third kappa shape index (κ3) is 9.42. The number of benzene rings is 14. The van der Waals surface area contributed by atoms with Crippen LogP contribution in [-0.4, -0.2) is 24.9 Å².